The second-order valence-corrected chi connectivity index (χ2v) is 8.15. The van der Waals surface area contributed by atoms with Gasteiger partial charge in [0.1, 0.15) is 13.2 Å². The maximum Gasteiger partial charge on any atom is 0.336 e. The van der Waals surface area contributed by atoms with Crippen molar-refractivity contribution in [2.75, 3.05) is 19.8 Å². The standard InChI is InChI=1S/C23H37N5O6/c24-19-33-17-11-5-2-8-14-27-21(30)26(13-7-1-4-10-16-29)22(31)28(23(27)32)15-9-3-6-12-18-34-20-25/h29H,1-18H2. The molecule has 0 spiro atoms. The summed E-state index contributed by atoms with van der Waals surface area (Å²) in [6, 6.07) is 0. The van der Waals surface area contributed by atoms with Crippen LogP contribution in [0.5, 0.6) is 0 Å². The SMILES string of the molecule is N#COCCCCCCn1c(=O)n(CCCCCCO)c(=O)n(CCCCCCOC#N)c1=O. The van der Waals surface area contributed by atoms with E-state index in [0.717, 1.165) is 65.1 Å². The highest BCUT2D eigenvalue weighted by atomic mass is 16.5. The Morgan fingerprint density at radius 3 is 1.21 bits per heavy atom. The molecular weight excluding hydrogens is 442 g/mol. The van der Waals surface area contributed by atoms with Gasteiger partial charge >= 0.3 is 17.1 Å². The molecule has 11 nitrogen and oxygen atoms in total. The summed E-state index contributed by atoms with van der Waals surface area (Å²) >= 11 is 0. The number of aromatic nitrogens is 3. The number of nitriles is 2. The molecule has 34 heavy (non-hydrogen) atoms. The fourth-order valence-corrected chi connectivity index (χ4v) is 3.68. The summed E-state index contributed by atoms with van der Waals surface area (Å²) in [5.74, 6) is 0. The summed E-state index contributed by atoms with van der Waals surface area (Å²) < 4.78 is 12.7. The fraction of sp³-hybridized carbons (Fsp3) is 0.783. The monoisotopic (exact) mass is 479 g/mol. The van der Waals surface area contributed by atoms with Crippen LogP contribution in [-0.4, -0.2) is 38.6 Å². The molecular formula is C23H37N5O6. The van der Waals surface area contributed by atoms with Crippen molar-refractivity contribution in [3.8, 4) is 12.5 Å². The van der Waals surface area contributed by atoms with Crippen molar-refractivity contribution in [2.24, 2.45) is 0 Å². The Bertz CT molecular complexity index is 887. The van der Waals surface area contributed by atoms with Crippen LogP contribution in [-0.2, 0) is 29.1 Å². The predicted molar refractivity (Wildman–Crippen MR) is 125 cm³/mol. The minimum atomic E-state index is -0.577. The van der Waals surface area contributed by atoms with E-state index < -0.39 is 17.1 Å². The lowest BCUT2D eigenvalue weighted by molar-refractivity contribution is 0.259. The molecule has 1 aromatic rings. The van der Waals surface area contributed by atoms with Crippen LogP contribution in [0.1, 0.15) is 77.0 Å². The van der Waals surface area contributed by atoms with Crippen LogP contribution in [0.25, 0.3) is 0 Å². The molecule has 0 amide bonds. The third kappa shape index (κ3) is 10.7. The van der Waals surface area contributed by atoms with Crippen LogP contribution >= 0.6 is 0 Å². The zero-order valence-electron chi connectivity index (χ0n) is 20.0. The molecule has 0 bridgehead atoms. The van der Waals surface area contributed by atoms with Crippen LogP contribution in [0.4, 0.5) is 0 Å². The van der Waals surface area contributed by atoms with Gasteiger partial charge in [0.05, 0.1) is 0 Å². The van der Waals surface area contributed by atoms with Crippen molar-refractivity contribution in [3.05, 3.63) is 31.5 Å². The first kappa shape index (κ1) is 29.0. The van der Waals surface area contributed by atoms with Gasteiger partial charge in [0, 0.05) is 26.2 Å². The number of aliphatic hydroxyl groups is 1. The van der Waals surface area contributed by atoms with E-state index >= 15 is 0 Å². The van der Waals surface area contributed by atoms with Crippen molar-refractivity contribution in [2.45, 2.75) is 96.7 Å². The van der Waals surface area contributed by atoms with Gasteiger partial charge in [-0.3, -0.25) is 0 Å². The maximum absolute atomic E-state index is 13.0. The largest absolute Gasteiger partial charge is 0.428 e. The quantitative estimate of drug-likeness (QED) is 0.220. The number of rotatable bonds is 20. The normalized spacial score (nSPS) is 10.6. The van der Waals surface area contributed by atoms with Gasteiger partial charge in [-0.05, 0) is 51.4 Å². The molecule has 1 aromatic heterocycles. The molecule has 0 unspecified atom stereocenters. The molecule has 0 saturated heterocycles. The summed E-state index contributed by atoms with van der Waals surface area (Å²) in [7, 11) is 0. The van der Waals surface area contributed by atoms with Crippen molar-refractivity contribution in [1.29, 1.82) is 10.5 Å². The maximum atomic E-state index is 13.0. The van der Waals surface area contributed by atoms with E-state index in [1.165, 1.54) is 0 Å². The van der Waals surface area contributed by atoms with E-state index in [1.807, 2.05) is 0 Å². The highest BCUT2D eigenvalue weighted by Gasteiger charge is 2.15. The molecule has 11 heteroatoms. The summed E-state index contributed by atoms with van der Waals surface area (Å²) in [6.45, 7) is 1.52. The first-order valence-electron chi connectivity index (χ1n) is 12.2. The van der Waals surface area contributed by atoms with Crippen LogP contribution in [0.15, 0.2) is 14.4 Å². The van der Waals surface area contributed by atoms with E-state index in [-0.39, 0.29) is 26.2 Å². The Morgan fingerprint density at radius 1 is 0.559 bits per heavy atom. The lowest BCUT2D eigenvalue weighted by Crippen LogP contribution is -2.54. The molecule has 0 aliphatic rings. The molecule has 0 fully saturated rings. The Kier molecular flexibility index (Phi) is 15.7. The number of nitrogens with zero attached hydrogens (tertiary/aromatic N) is 5. The zero-order chi connectivity index (χ0) is 25.0. The molecule has 190 valence electrons. The van der Waals surface area contributed by atoms with Gasteiger partial charge in [-0.15, -0.1) is 0 Å². The Hall–Kier alpha value is -3.05. The van der Waals surface area contributed by atoms with Crippen LogP contribution in [0.3, 0.4) is 0 Å². The molecule has 0 radical (unpaired) electrons. The van der Waals surface area contributed by atoms with Crippen LogP contribution < -0.4 is 17.1 Å². The van der Waals surface area contributed by atoms with E-state index in [1.54, 1.807) is 12.5 Å². The molecule has 0 saturated carbocycles. The van der Waals surface area contributed by atoms with Crippen molar-refractivity contribution in [3.63, 3.8) is 0 Å². The molecule has 0 atom stereocenters. The van der Waals surface area contributed by atoms with Crippen molar-refractivity contribution in [1.82, 2.24) is 13.7 Å². The van der Waals surface area contributed by atoms with Gasteiger partial charge < -0.3 is 14.6 Å². The van der Waals surface area contributed by atoms with Gasteiger partial charge in [0.15, 0.2) is 0 Å². The molecule has 1 rings (SSSR count). The highest BCUT2D eigenvalue weighted by molar-refractivity contribution is 4.79. The topological polar surface area (TPSA) is 152 Å². The van der Waals surface area contributed by atoms with Gasteiger partial charge in [-0.1, -0.05) is 25.7 Å². The summed E-state index contributed by atoms with van der Waals surface area (Å²) in [4.78, 5) is 38.8. The van der Waals surface area contributed by atoms with Crippen molar-refractivity contribution >= 4 is 0 Å². The first-order chi connectivity index (χ1) is 16.6. The lowest BCUT2D eigenvalue weighted by Gasteiger charge is -2.14. The smallest absolute Gasteiger partial charge is 0.336 e. The Labute approximate surface area is 199 Å². The predicted octanol–water partition coefficient (Wildman–Crippen LogP) is 1.84. The number of ether oxygens (including phenoxy) is 2. The molecule has 0 aromatic carbocycles. The van der Waals surface area contributed by atoms with Crippen LogP contribution in [0.2, 0.25) is 0 Å². The average Bonchev–Trinajstić information content (AvgIpc) is 2.83. The van der Waals surface area contributed by atoms with Crippen LogP contribution in [0, 0.1) is 23.0 Å². The molecule has 0 aliphatic carbocycles. The minimum absolute atomic E-state index is 0.114. The van der Waals surface area contributed by atoms with E-state index in [0.29, 0.717) is 38.9 Å². The molecule has 1 N–H and O–H groups in total. The van der Waals surface area contributed by atoms with Gasteiger partial charge in [-0.2, -0.15) is 10.5 Å². The minimum Gasteiger partial charge on any atom is -0.428 e. The summed E-state index contributed by atoms with van der Waals surface area (Å²) in [5.41, 5.74) is -1.73. The van der Waals surface area contributed by atoms with E-state index in [2.05, 4.69) is 9.47 Å². The number of hydrogen-bond donors (Lipinski definition) is 1. The van der Waals surface area contributed by atoms with Crippen molar-refractivity contribution < 1.29 is 14.6 Å². The van der Waals surface area contributed by atoms with E-state index in [4.69, 9.17) is 15.6 Å². The number of aliphatic hydroxyl groups excluding tert-OH is 1. The van der Waals surface area contributed by atoms with Gasteiger partial charge in [-0.25, -0.2) is 28.1 Å². The van der Waals surface area contributed by atoms with Gasteiger partial charge in [0.25, 0.3) is 12.5 Å². The first-order valence-corrected chi connectivity index (χ1v) is 12.2. The third-order valence-corrected chi connectivity index (χ3v) is 5.56. The molecule has 0 aliphatic heterocycles. The molecule has 1 heterocycles. The zero-order valence-corrected chi connectivity index (χ0v) is 20.0. The lowest BCUT2D eigenvalue weighted by atomic mass is 10.2. The third-order valence-electron chi connectivity index (χ3n) is 5.56. The fourth-order valence-electron chi connectivity index (χ4n) is 3.68. The Balaban J connectivity index is 2.87. The van der Waals surface area contributed by atoms with Gasteiger partial charge in [0.2, 0.25) is 0 Å². The summed E-state index contributed by atoms with van der Waals surface area (Å²) in [6.07, 6.45) is 11.9. The Morgan fingerprint density at radius 2 is 0.882 bits per heavy atom. The van der Waals surface area contributed by atoms with E-state index in [9.17, 15) is 14.4 Å². The highest BCUT2D eigenvalue weighted by Crippen LogP contribution is 2.03. The average molecular weight is 480 g/mol. The second kappa shape index (κ2) is 18.4. The summed E-state index contributed by atoms with van der Waals surface area (Å²) in [5, 5.41) is 25.7. The second-order valence-electron chi connectivity index (χ2n) is 8.15. The number of hydrogen-bond acceptors (Lipinski definition) is 8. The number of unbranched alkanes of at least 4 members (excludes halogenated alkanes) is 9.